The van der Waals surface area contributed by atoms with E-state index in [4.69, 9.17) is 0 Å². The predicted octanol–water partition coefficient (Wildman–Crippen LogP) is 0.443. The molecule has 17 heavy (non-hydrogen) atoms. The van der Waals surface area contributed by atoms with Crippen molar-refractivity contribution in [1.29, 1.82) is 0 Å². The molecule has 2 aromatic heterocycles. The highest BCUT2D eigenvalue weighted by molar-refractivity contribution is 5.46. The maximum absolute atomic E-state index is 4.46. The summed E-state index contributed by atoms with van der Waals surface area (Å²) in [5.74, 6) is 0. The van der Waals surface area contributed by atoms with Gasteiger partial charge in [0.05, 0.1) is 6.20 Å². The van der Waals surface area contributed by atoms with Crippen molar-refractivity contribution < 1.29 is 0 Å². The number of aromatic nitrogens is 3. The average molecular weight is 231 g/mol. The highest BCUT2D eigenvalue weighted by Crippen LogP contribution is 2.11. The first kappa shape index (κ1) is 10.7. The van der Waals surface area contributed by atoms with Crippen LogP contribution in [0.25, 0.3) is 5.65 Å². The smallest absolute Gasteiger partial charge is 0.159 e. The minimum atomic E-state index is 0.946. The van der Waals surface area contributed by atoms with E-state index in [1.807, 2.05) is 30.0 Å². The molecule has 0 aromatic carbocycles. The summed E-state index contributed by atoms with van der Waals surface area (Å²) in [7, 11) is 0. The first-order chi connectivity index (χ1) is 8.33. The van der Waals surface area contributed by atoms with Crippen LogP contribution in [0, 0.1) is 6.92 Å². The van der Waals surface area contributed by atoms with Crippen LogP contribution in [0.15, 0.2) is 18.6 Å². The number of hydrogen-bond acceptors (Lipinski definition) is 4. The van der Waals surface area contributed by atoms with Crippen LogP contribution in [-0.4, -0.2) is 45.7 Å². The van der Waals surface area contributed by atoms with Crippen molar-refractivity contribution in [2.24, 2.45) is 0 Å². The Morgan fingerprint density at radius 3 is 2.94 bits per heavy atom. The predicted molar refractivity (Wildman–Crippen MR) is 65.9 cm³/mol. The van der Waals surface area contributed by atoms with Crippen LogP contribution in [0.5, 0.6) is 0 Å². The summed E-state index contributed by atoms with van der Waals surface area (Å²) in [4.78, 5) is 6.90. The van der Waals surface area contributed by atoms with Gasteiger partial charge in [-0.1, -0.05) is 0 Å². The zero-order valence-electron chi connectivity index (χ0n) is 10.1. The normalized spacial score (nSPS) is 17.7. The summed E-state index contributed by atoms with van der Waals surface area (Å²) in [6.45, 7) is 7.33. The third-order valence-electron chi connectivity index (χ3n) is 3.16. The molecule has 1 saturated heterocycles. The lowest BCUT2D eigenvalue weighted by Crippen LogP contribution is -2.42. The maximum atomic E-state index is 4.46. The summed E-state index contributed by atoms with van der Waals surface area (Å²) in [5.41, 5.74) is 3.33. The maximum Gasteiger partial charge on any atom is 0.159 e. The van der Waals surface area contributed by atoms with Gasteiger partial charge in [0.15, 0.2) is 5.65 Å². The summed E-state index contributed by atoms with van der Waals surface area (Å²) in [6, 6.07) is 0. The molecule has 90 valence electrons. The second-order valence-corrected chi connectivity index (χ2v) is 4.60. The molecular formula is C12H17N5. The van der Waals surface area contributed by atoms with Gasteiger partial charge in [0, 0.05) is 50.7 Å². The molecule has 3 heterocycles. The highest BCUT2D eigenvalue weighted by atomic mass is 15.3. The van der Waals surface area contributed by atoms with E-state index in [2.05, 4.69) is 20.3 Å². The molecule has 0 bridgehead atoms. The molecule has 0 aliphatic carbocycles. The Hall–Kier alpha value is -1.46. The van der Waals surface area contributed by atoms with Crippen LogP contribution in [0.2, 0.25) is 0 Å². The number of hydrogen-bond donors (Lipinski definition) is 1. The Kier molecular flexibility index (Phi) is 2.78. The van der Waals surface area contributed by atoms with Gasteiger partial charge in [-0.05, 0) is 12.5 Å². The molecule has 0 unspecified atom stereocenters. The van der Waals surface area contributed by atoms with Gasteiger partial charge in [-0.25, -0.2) is 9.50 Å². The van der Waals surface area contributed by atoms with Crippen LogP contribution >= 0.6 is 0 Å². The SMILES string of the molecule is Cc1cnc2c(CN3CCNCC3)cnn2c1. The molecule has 5 heteroatoms. The average Bonchev–Trinajstić information content (AvgIpc) is 2.73. The number of nitrogens with one attached hydrogen (secondary N) is 1. The quantitative estimate of drug-likeness (QED) is 0.815. The number of nitrogens with zero attached hydrogens (tertiary/aromatic N) is 4. The Labute approximate surface area is 100 Å². The second-order valence-electron chi connectivity index (χ2n) is 4.60. The van der Waals surface area contributed by atoms with Crippen LogP contribution in [-0.2, 0) is 6.54 Å². The van der Waals surface area contributed by atoms with E-state index in [1.54, 1.807) is 0 Å². The lowest BCUT2D eigenvalue weighted by atomic mass is 10.2. The van der Waals surface area contributed by atoms with Crippen LogP contribution in [0.4, 0.5) is 0 Å². The molecule has 1 aliphatic rings. The number of fused-ring (bicyclic) bond motifs is 1. The van der Waals surface area contributed by atoms with Crippen LogP contribution < -0.4 is 5.32 Å². The molecular weight excluding hydrogens is 214 g/mol. The van der Waals surface area contributed by atoms with Gasteiger partial charge in [0.25, 0.3) is 0 Å². The molecule has 1 N–H and O–H groups in total. The van der Waals surface area contributed by atoms with E-state index >= 15 is 0 Å². The third-order valence-corrected chi connectivity index (χ3v) is 3.16. The number of piperazine rings is 1. The van der Waals surface area contributed by atoms with Gasteiger partial charge < -0.3 is 5.32 Å². The first-order valence-corrected chi connectivity index (χ1v) is 6.05. The minimum absolute atomic E-state index is 0.946. The zero-order chi connectivity index (χ0) is 11.7. The Morgan fingerprint density at radius 1 is 1.29 bits per heavy atom. The molecule has 1 fully saturated rings. The van der Waals surface area contributed by atoms with Crippen molar-refractivity contribution in [2.45, 2.75) is 13.5 Å². The van der Waals surface area contributed by atoms with Crippen molar-refractivity contribution in [2.75, 3.05) is 26.2 Å². The van der Waals surface area contributed by atoms with Crippen molar-refractivity contribution in [3.05, 3.63) is 29.7 Å². The zero-order valence-corrected chi connectivity index (χ0v) is 10.1. The van der Waals surface area contributed by atoms with Gasteiger partial charge in [-0.15, -0.1) is 0 Å². The topological polar surface area (TPSA) is 45.5 Å². The molecule has 0 atom stereocenters. The van der Waals surface area contributed by atoms with E-state index < -0.39 is 0 Å². The summed E-state index contributed by atoms with van der Waals surface area (Å²) >= 11 is 0. The van der Waals surface area contributed by atoms with Gasteiger partial charge in [-0.2, -0.15) is 5.10 Å². The van der Waals surface area contributed by atoms with Gasteiger partial charge >= 0.3 is 0 Å². The van der Waals surface area contributed by atoms with Crippen LogP contribution in [0.1, 0.15) is 11.1 Å². The molecule has 1 aliphatic heterocycles. The Bertz CT molecular complexity index is 513. The fourth-order valence-corrected chi connectivity index (χ4v) is 2.24. The van der Waals surface area contributed by atoms with E-state index in [0.717, 1.165) is 43.9 Å². The van der Waals surface area contributed by atoms with E-state index in [0.29, 0.717) is 0 Å². The van der Waals surface area contributed by atoms with E-state index in [1.165, 1.54) is 5.56 Å². The molecule has 0 spiro atoms. The molecule has 3 rings (SSSR count). The largest absolute Gasteiger partial charge is 0.314 e. The fraction of sp³-hybridized carbons (Fsp3) is 0.500. The highest BCUT2D eigenvalue weighted by Gasteiger charge is 2.13. The van der Waals surface area contributed by atoms with Crippen molar-refractivity contribution in [1.82, 2.24) is 24.8 Å². The summed E-state index contributed by atoms with van der Waals surface area (Å²) in [6.07, 6.45) is 5.85. The van der Waals surface area contributed by atoms with Gasteiger partial charge in [0.1, 0.15) is 0 Å². The Morgan fingerprint density at radius 2 is 2.12 bits per heavy atom. The Balaban J connectivity index is 1.84. The summed E-state index contributed by atoms with van der Waals surface area (Å²) in [5, 5.41) is 7.72. The van der Waals surface area contributed by atoms with Crippen LogP contribution in [0.3, 0.4) is 0 Å². The monoisotopic (exact) mass is 231 g/mol. The summed E-state index contributed by atoms with van der Waals surface area (Å²) < 4.78 is 1.87. The lowest BCUT2D eigenvalue weighted by molar-refractivity contribution is 0.234. The molecule has 0 amide bonds. The van der Waals surface area contributed by atoms with E-state index in [9.17, 15) is 0 Å². The molecule has 0 saturated carbocycles. The van der Waals surface area contributed by atoms with Crippen molar-refractivity contribution in [3.8, 4) is 0 Å². The molecule has 2 aromatic rings. The number of rotatable bonds is 2. The van der Waals surface area contributed by atoms with Gasteiger partial charge in [-0.3, -0.25) is 4.90 Å². The van der Waals surface area contributed by atoms with Crippen molar-refractivity contribution >= 4 is 5.65 Å². The molecule has 5 nitrogen and oxygen atoms in total. The number of aryl methyl sites for hydroxylation is 1. The standard InChI is InChI=1S/C12H17N5/c1-10-6-14-12-11(7-15-17(12)8-10)9-16-4-2-13-3-5-16/h6-8,13H,2-5,9H2,1H3. The fourth-order valence-electron chi connectivity index (χ4n) is 2.24. The second kappa shape index (κ2) is 4.43. The molecule has 0 radical (unpaired) electrons. The van der Waals surface area contributed by atoms with Gasteiger partial charge in [0.2, 0.25) is 0 Å². The lowest BCUT2D eigenvalue weighted by Gasteiger charge is -2.26. The minimum Gasteiger partial charge on any atom is -0.314 e. The first-order valence-electron chi connectivity index (χ1n) is 6.05. The third kappa shape index (κ3) is 2.16. The van der Waals surface area contributed by atoms with E-state index in [-0.39, 0.29) is 0 Å². The van der Waals surface area contributed by atoms with Crippen molar-refractivity contribution in [3.63, 3.8) is 0 Å².